The highest BCUT2D eigenvalue weighted by Crippen LogP contribution is 2.17. The molecule has 0 radical (unpaired) electrons. The highest BCUT2D eigenvalue weighted by atomic mass is 32.2. The van der Waals surface area contributed by atoms with E-state index in [4.69, 9.17) is 10.4 Å². The summed E-state index contributed by atoms with van der Waals surface area (Å²) < 4.78 is 0. The lowest BCUT2D eigenvalue weighted by Gasteiger charge is -2.00. The van der Waals surface area contributed by atoms with Crippen LogP contribution in [0, 0.1) is 11.3 Å². The zero-order chi connectivity index (χ0) is 8.81. The summed E-state index contributed by atoms with van der Waals surface area (Å²) in [5, 5.41) is 17.2. The second kappa shape index (κ2) is 4.81. The van der Waals surface area contributed by atoms with Crippen LogP contribution in [-0.2, 0) is 0 Å². The van der Waals surface area contributed by atoms with Gasteiger partial charge in [-0.3, -0.25) is 0 Å². The van der Waals surface area contributed by atoms with Crippen molar-refractivity contribution < 1.29 is 5.11 Å². The quantitative estimate of drug-likeness (QED) is 0.567. The predicted octanol–water partition coefficient (Wildman–Crippen LogP) is 1.66. The molecule has 0 aliphatic heterocycles. The molecule has 0 aliphatic rings. The van der Waals surface area contributed by atoms with E-state index in [1.54, 1.807) is 6.07 Å². The van der Waals surface area contributed by atoms with E-state index in [2.05, 4.69) is 0 Å². The summed E-state index contributed by atoms with van der Waals surface area (Å²) in [4.78, 5) is 1.08. The Balaban J connectivity index is 2.40. The number of benzene rings is 1. The molecule has 0 saturated heterocycles. The Bertz CT molecular complexity index is 268. The van der Waals surface area contributed by atoms with E-state index in [0.717, 1.165) is 4.90 Å². The summed E-state index contributed by atoms with van der Waals surface area (Å²) in [5.41, 5.74) is 0. The van der Waals surface area contributed by atoms with E-state index in [0.29, 0.717) is 5.75 Å². The number of hydrogen-bond acceptors (Lipinski definition) is 3. The van der Waals surface area contributed by atoms with Gasteiger partial charge in [0, 0.05) is 10.6 Å². The lowest BCUT2D eigenvalue weighted by atomic mass is 10.4. The van der Waals surface area contributed by atoms with Crippen molar-refractivity contribution in [2.24, 2.45) is 0 Å². The van der Waals surface area contributed by atoms with Crippen LogP contribution in [0.25, 0.3) is 0 Å². The minimum absolute atomic E-state index is 0.431. The van der Waals surface area contributed by atoms with Crippen LogP contribution < -0.4 is 0 Å². The van der Waals surface area contributed by atoms with Crippen molar-refractivity contribution in [3.63, 3.8) is 0 Å². The summed E-state index contributed by atoms with van der Waals surface area (Å²) in [7, 11) is 0. The molecule has 0 fully saturated rings. The van der Waals surface area contributed by atoms with Gasteiger partial charge in [0.1, 0.15) is 6.10 Å². The number of hydrogen-bond donors (Lipinski definition) is 1. The van der Waals surface area contributed by atoms with Crippen molar-refractivity contribution in [2.75, 3.05) is 5.75 Å². The molecule has 12 heavy (non-hydrogen) atoms. The Hall–Kier alpha value is -0.980. The monoisotopic (exact) mass is 179 g/mol. The molecule has 0 amide bonds. The van der Waals surface area contributed by atoms with Gasteiger partial charge in [-0.15, -0.1) is 11.8 Å². The van der Waals surface area contributed by atoms with E-state index in [1.165, 1.54) is 11.8 Å². The van der Waals surface area contributed by atoms with Crippen molar-refractivity contribution in [3.05, 3.63) is 30.3 Å². The second-order valence-corrected chi connectivity index (χ2v) is 3.36. The molecule has 0 bridgehead atoms. The van der Waals surface area contributed by atoms with Gasteiger partial charge in [-0.2, -0.15) is 5.26 Å². The number of thioether (sulfide) groups is 1. The maximum Gasteiger partial charge on any atom is 0.149 e. The SMILES string of the molecule is N#CC(O)CSc1ccccc1. The van der Waals surface area contributed by atoms with Gasteiger partial charge in [0.25, 0.3) is 0 Å². The molecule has 3 heteroatoms. The summed E-state index contributed by atoms with van der Waals surface area (Å²) in [6.45, 7) is 0. The van der Waals surface area contributed by atoms with Crippen molar-refractivity contribution in [1.29, 1.82) is 5.26 Å². The molecule has 1 rings (SSSR count). The molecular weight excluding hydrogens is 170 g/mol. The van der Waals surface area contributed by atoms with Gasteiger partial charge in [0.15, 0.2) is 0 Å². The first-order valence-corrected chi connectivity index (χ1v) is 4.57. The third kappa shape index (κ3) is 2.95. The normalized spacial score (nSPS) is 12.0. The number of rotatable bonds is 3. The largest absolute Gasteiger partial charge is 0.377 e. The highest BCUT2D eigenvalue weighted by Gasteiger charge is 2.01. The minimum Gasteiger partial charge on any atom is -0.377 e. The minimum atomic E-state index is -0.866. The van der Waals surface area contributed by atoms with Gasteiger partial charge < -0.3 is 5.11 Å². The molecular formula is C9H9NOS. The molecule has 0 heterocycles. The smallest absolute Gasteiger partial charge is 0.149 e. The molecule has 1 atom stereocenters. The summed E-state index contributed by atoms with van der Waals surface area (Å²) in [6.07, 6.45) is -0.866. The fourth-order valence-corrected chi connectivity index (χ4v) is 1.50. The predicted molar refractivity (Wildman–Crippen MR) is 48.8 cm³/mol. The topological polar surface area (TPSA) is 44.0 Å². The Morgan fingerprint density at radius 2 is 2.08 bits per heavy atom. The molecule has 0 aliphatic carbocycles. The Morgan fingerprint density at radius 3 is 2.67 bits per heavy atom. The van der Waals surface area contributed by atoms with Crippen molar-refractivity contribution >= 4 is 11.8 Å². The highest BCUT2D eigenvalue weighted by molar-refractivity contribution is 7.99. The fraction of sp³-hybridized carbons (Fsp3) is 0.222. The average Bonchev–Trinajstić information content (AvgIpc) is 2.16. The van der Waals surface area contributed by atoms with Crippen LogP contribution in [0.1, 0.15) is 0 Å². The van der Waals surface area contributed by atoms with E-state index in [9.17, 15) is 0 Å². The maximum absolute atomic E-state index is 8.94. The standard InChI is InChI=1S/C9H9NOS/c10-6-8(11)7-12-9-4-2-1-3-5-9/h1-5,8,11H,7H2. The zero-order valence-electron chi connectivity index (χ0n) is 6.47. The summed E-state index contributed by atoms with van der Waals surface area (Å²) >= 11 is 1.48. The molecule has 1 aromatic carbocycles. The van der Waals surface area contributed by atoms with Gasteiger partial charge in [-0.1, -0.05) is 18.2 Å². The van der Waals surface area contributed by atoms with E-state index >= 15 is 0 Å². The Morgan fingerprint density at radius 1 is 1.42 bits per heavy atom. The van der Waals surface area contributed by atoms with Crippen LogP contribution in [0.15, 0.2) is 35.2 Å². The molecule has 2 nitrogen and oxygen atoms in total. The molecule has 1 unspecified atom stereocenters. The fourth-order valence-electron chi connectivity index (χ4n) is 0.729. The molecule has 0 spiro atoms. The maximum atomic E-state index is 8.94. The number of aliphatic hydroxyl groups excluding tert-OH is 1. The van der Waals surface area contributed by atoms with Crippen LogP contribution >= 0.6 is 11.8 Å². The van der Waals surface area contributed by atoms with Crippen molar-refractivity contribution in [3.8, 4) is 6.07 Å². The van der Waals surface area contributed by atoms with Crippen molar-refractivity contribution in [2.45, 2.75) is 11.0 Å². The number of nitriles is 1. The van der Waals surface area contributed by atoms with E-state index < -0.39 is 6.10 Å². The van der Waals surface area contributed by atoms with E-state index in [-0.39, 0.29) is 0 Å². The first kappa shape index (κ1) is 9.11. The molecule has 1 aromatic rings. The molecule has 1 N–H and O–H groups in total. The van der Waals surface area contributed by atoms with Crippen LogP contribution in [0.4, 0.5) is 0 Å². The Kier molecular flexibility index (Phi) is 3.65. The second-order valence-electron chi connectivity index (χ2n) is 2.27. The number of nitrogens with zero attached hydrogens (tertiary/aromatic N) is 1. The lowest BCUT2D eigenvalue weighted by molar-refractivity contribution is 0.255. The van der Waals surface area contributed by atoms with Gasteiger partial charge in [0.2, 0.25) is 0 Å². The van der Waals surface area contributed by atoms with E-state index in [1.807, 2.05) is 30.3 Å². The van der Waals surface area contributed by atoms with Gasteiger partial charge in [-0.05, 0) is 12.1 Å². The first-order chi connectivity index (χ1) is 5.83. The van der Waals surface area contributed by atoms with Crippen LogP contribution in [0.5, 0.6) is 0 Å². The van der Waals surface area contributed by atoms with Crippen molar-refractivity contribution in [1.82, 2.24) is 0 Å². The molecule has 0 saturated carbocycles. The van der Waals surface area contributed by atoms with Crippen LogP contribution in [0.3, 0.4) is 0 Å². The summed E-state index contributed by atoms with van der Waals surface area (Å²) in [6, 6.07) is 11.5. The third-order valence-corrected chi connectivity index (χ3v) is 2.39. The first-order valence-electron chi connectivity index (χ1n) is 3.58. The Labute approximate surface area is 75.8 Å². The number of aliphatic hydroxyl groups is 1. The average molecular weight is 179 g/mol. The molecule has 62 valence electrons. The van der Waals surface area contributed by atoms with Crippen LogP contribution in [0.2, 0.25) is 0 Å². The van der Waals surface area contributed by atoms with Gasteiger partial charge >= 0.3 is 0 Å². The summed E-state index contributed by atoms with van der Waals surface area (Å²) in [5.74, 6) is 0.431. The molecule has 0 aromatic heterocycles. The van der Waals surface area contributed by atoms with Gasteiger partial charge in [-0.25, -0.2) is 0 Å². The zero-order valence-corrected chi connectivity index (χ0v) is 7.29. The van der Waals surface area contributed by atoms with Gasteiger partial charge in [0.05, 0.1) is 6.07 Å². The third-order valence-electron chi connectivity index (χ3n) is 1.30. The lowest BCUT2D eigenvalue weighted by Crippen LogP contribution is -2.05. The van der Waals surface area contributed by atoms with Crippen LogP contribution in [-0.4, -0.2) is 17.0 Å².